The molecule has 0 heterocycles. The maximum Gasteiger partial charge on any atom is 0.333 e. The Bertz CT molecular complexity index is 582. The van der Waals surface area contributed by atoms with Crippen molar-refractivity contribution in [3.63, 3.8) is 0 Å². The Morgan fingerprint density at radius 1 is 1.00 bits per heavy atom. The summed E-state index contributed by atoms with van der Waals surface area (Å²) in [4.78, 5) is 11.3. The first kappa shape index (κ1) is 22.5. The van der Waals surface area contributed by atoms with Crippen LogP contribution in [-0.4, -0.2) is 19.2 Å². The summed E-state index contributed by atoms with van der Waals surface area (Å²) >= 11 is 0. The molecule has 28 heavy (non-hydrogen) atoms. The first-order chi connectivity index (χ1) is 13.6. The van der Waals surface area contributed by atoms with Crippen LogP contribution in [0.25, 0.3) is 0 Å². The number of rotatable bonds is 12. The molecule has 1 fully saturated rings. The molecule has 0 spiro atoms. The van der Waals surface area contributed by atoms with Gasteiger partial charge in [-0.1, -0.05) is 51.3 Å². The average molecular weight is 387 g/mol. The maximum absolute atomic E-state index is 11.3. The number of carbonyl (C=O) groups excluding carboxylic acids is 1. The van der Waals surface area contributed by atoms with Gasteiger partial charge >= 0.3 is 5.97 Å². The summed E-state index contributed by atoms with van der Waals surface area (Å²) in [7, 11) is 0. The summed E-state index contributed by atoms with van der Waals surface area (Å²) in [5.41, 5.74) is 1.91. The van der Waals surface area contributed by atoms with Gasteiger partial charge in [-0.15, -0.1) is 0 Å². The highest BCUT2D eigenvalue weighted by molar-refractivity contribution is 5.86. The van der Waals surface area contributed by atoms with E-state index < -0.39 is 0 Å². The van der Waals surface area contributed by atoms with Gasteiger partial charge in [0.15, 0.2) is 0 Å². The van der Waals surface area contributed by atoms with Crippen LogP contribution in [0.15, 0.2) is 36.4 Å². The first-order valence-electron chi connectivity index (χ1n) is 11.2. The van der Waals surface area contributed by atoms with Crippen LogP contribution in [0.5, 0.6) is 5.75 Å². The lowest BCUT2D eigenvalue weighted by Gasteiger charge is -2.29. The van der Waals surface area contributed by atoms with E-state index in [1.54, 1.807) is 6.92 Å². The second-order valence-electron chi connectivity index (χ2n) is 8.25. The van der Waals surface area contributed by atoms with Crippen molar-refractivity contribution in [2.24, 2.45) is 5.92 Å². The second kappa shape index (κ2) is 12.6. The van der Waals surface area contributed by atoms with Crippen molar-refractivity contribution in [2.75, 3.05) is 13.2 Å². The zero-order valence-corrected chi connectivity index (χ0v) is 17.9. The monoisotopic (exact) mass is 386 g/mol. The van der Waals surface area contributed by atoms with Gasteiger partial charge in [0.1, 0.15) is 5.75 Å². The van der Waals surface area contributed by atoms with Gasteiger partial charge in [0.05, 0.1) is 13.2 Å². The van der Waals surface area contributed by atoms with Crippen LogP contribution in [-0.2, 0) is 9.53 Å². The SMILES string of the molecule is C=C(C)C(=O)OCCCCOc1ccc(C2CCC(CCCCC)CC2)cc1. The third-order valence-corrected chi connectivity index (χ3v) is 5.80. The van der Waals surface area contributed by atoms with Crippen LogP contribution in [0.2, 0.25) is 0 Å². The molecule has 156 valence electrons. The fourth-order valence-corrected chi connectivity index (χ4v) is 3.99. The van der Waals surface area contributed by atoms with E-state index in [2.05, 4.69) is 37.8 Å². The van der Waals surface area contributed by atoms with Crippen molar-refractivity contribution < 1.29 is 14.3 Å². The number of unbranched alkanes of at least 4 members (excludes halogenated alkanes) is 3. The second-order valence-corrected chi connectivity index (χ2v) is 8.25. The Morgan fingerprint density at radius 3 is 2.32 bits per heavy atom. The molecule has 0 aromatic heterocycles. The van der Waals surface area contributed by atoms with Gasteiger partial charge in [-0.25, -0.2) is 4.79 Å². The van der Waals surface area contributed by atoms with Crippen molar-refractivity contribution in [1.82, 2.24) is 0 Å². The zero-order chi connectivity index (χ0) is 20.2. The minimum Gasteiger partial charge on any atom is -0.494 e. The van der Waals surface area contributed by atoms with Gasteiger partial charge in [-0.2, -0.15) is 0 Å². The largest absolute Gasteiger partial charge is 0.494 e. The highest BCUT2D eigenvalue weighted by atomic mass is 16.5. The van der Waals surface area contributed by atoms with Gasteiger partial charge in [0, 0.05) is 5.57 Å². The number of hydrogen-bond acceptors (Lipinski definition) is 3. The Hall–Kier alpha value is -1.77. The molecule has 0 aliphatic heterocycles. The summed E-state index contributed by atoms with van der Waals surface area (Å²) in [6.07, 6.45) is 12.7. The Labute approximate surface area is 171 Å². The van der Waals surface area contributed by atoms with E-state index in [1.807, 2.05) is 0 Å². The third kappa shape index (κ3) is 8.08. The molecule has 3 nitrogen and oxygen atoms in total. The van der Waals surface area contributed by atoms with E-state index in [0.717, 1.165) is 30.4 Å². The Kier molecular flexibility index (Phi) is 10.2. The molecule has 1 saturated carbocycles. The van der Waals surface area contributed by atoms with Gasteiger partial charge in [-0.3, -0.25) is 0 Å². The van der Waals surface area contributed by atoms with Crippen LogP contribution in [0, 0.1) is 5.92 Å². The lowest BCUT2D eigenvalue weighted by atomic mass is 9.77. The van der Waals surface area contributed by atoms with Crippen LogP contribution in [0.4, 0.5) is 0 Å². The molecule has 0 N–H and O–H groups in total. The average Bonchev–Trinajstić information content (AvgIpc) is 2.71. The number of esters is 1. The van der Waals surface area contributed by atoms with Crippen molar-refractivity contribution in [3.05, 3.63) is 42.0 Å². The van der Waals surface area contributed by atoms with E-state index in [1.165, 1.54) is 56.9 Å². The van der Waals surface area contributed by atoms with Crippen LogP contribution >= 0.6 is 0 Å². The van der Waals surface area contributed by atoms with Crippen LogP contribution in [0.1, 0.15) is 89.5 Å². The van der Waals surface area contributed by atoms with Crippen molar-refractivity contribution in [1.29, 1.82) is 0 Å². The Balaban J connectivity index is 1.61. The highest BCUT2D eigenvalue weighted by Crippen LogP contribution is 2.38. The molecule has 0 radical (unpaired) electrons. The molecule has 1 aliphatic rings. The molecule has 1 aliphatic carbocycles. The molecule has 3 heteroatoms. The number of hydrogen-bond donors (Lipinski definition) is 0. The molecule has 2 rings (SSSR count). The molecule has 0 amide bonds. The number of ether oxygens (including phenoxy) is 2. The molecule has 0 atom stereocenters. The van der Waals surface area contributed by atoms with Gasteiger partial charge in [0.25, 0.3) is 0 Å². The third-order valence-electron chi connectivity index (χ3n) is 5.80. The minimum absolute atomic E-state index is 0.313. The minimum atomic E-state index is -0.313. The molecule has 0 bridgehead atoms. The summed E-state index contributed by atoms with van der Waals surface area (Å²) in [5.74, 6) is 2.29. The fourth-order valence-electron chi connectivity index (χ4n) is 3.99. The molecule has 1 aromatic rings. The lowest BCUT2D eigenvalue weighted by molar-refractivity contribution is -0.139. The van der Waals surface area contributed by atoms with E-state index >= 15 is 0 Å². The predicted octanol–water partition coefficient (Wildman–Crippen LogP) is 6.82. The van der Waals surface area contributed by atoms with E-state index in [0.29, 0.717) is 18.8 Å². The molecular formula is C25H38O3. The van der Waals surface area contributed by atoms with Crippen molar-refractivity contribution in [2.45, 2.75) is 84.0 Å². The van der Waals surface area contributed by atoms with Crippen LogP contribution in [0.3, 0.4) is 0 Å². The molecule has 1 aromatic carbocycles. The number of benzene rings is 1. The van der Waals surface area contributed by atoms with Gasteiger partial charge < -0.3 is 9.47 Å². The van der Waals surface area contributed by atoms with E-state index in [4.69, 9.17) is 9.47 Å². The molecular weight excluding hydrogens is 348 g/mol. The predicted molar refractivity (Wildman–Crippen MR) is 116 cm³/mol. The molecule has 0 saturated heterocycles. The standard InChI is InChI=1S/C25H38O3/c1-4-5-6-9-21-10-12-22(13-11-21)23-14-16-24(17-15-23)27-18-7-8-19-28-25(26)20(2)3/h14-17,21-22H,2,4-13,18-19H2,1,3H3. The summed E-state index contributed by atoms with van der Waals surface area (Å²) < 4.78 is 10.9. The first-order valence-corrected chi connectivity index (χ1v) is 11.2. The zero-order valence-electron chi connectivity index (χ0n) is 17.9. The Morgan fingerprint density at radius 2 is 1.68 bits per heavy atom. The smallest absolute Gasteiger partial charge is 0.333 e. The normalized spacial score (nSPS) is 19.2. The highest BCUT2D eigenvalue weighted by Gasteiger charge is 2.21. The quantitative estimate of drug-likeness (QED) is 0.225. The summed E-state index contributed by atoms with van der Waals surface area (Å²) in [6.45, 7) is 8.59. The summed E-state index contributed by atoms with van der Waals surface area (Å²) in [5, 5.41) is 0. The van der Waals surface area contributed by atoms with Crippen molar-refractivity contribution in [3.8, 4) is 5.75 Å². The van der Waals surface area contributed by atoms with E-state index in [9.17, 15) is 4.79 Å². The van der Waals surface area contributed by atoms with Gasteiger partial charge in [-0.05, 0) is 75.0 Å². The maximum atomic E-state index is 11.3. The summed E-state index contributed by atoms with van der Waals surface area (Å²) in [6, 6.07) is 8.69. The van der Waals surface area contributed by atoms with E-state index in [-0.39, 0.29) is 5.97 Å². The lowest BCUT2D eigenvalue weighted by Crippen LogP contribution is -2.13. The van der Waals surface area contributed by atoms with Crippen LogP contribution < -0.4 is 4.74 Å². The fraction of sp³-hybridized carbons (Fsp3) is 0.640. The topological polar surface area (TPSA) is 35.5 Å². The number of carbonyl (C=O) groups is 1. The van der Waals surface area contributed by atoms with Crippen molar-refractivity contribution >= 4 is 5.97 Å². The molecule has 0 unspecified atom stereocenters. The van der Waals surface area contributed by atoms with Gasteiger partial charge in [0.2, 0.25) is 0 Å².